The van der Waals surface area contributed by atoms with E-state index in [1.165, 1.54) is 12.1 Å². The van der Waals surface area contributed by atoms with E-state index in [0.29, 0.717) is 28.7 Å². The molecule has 7 nitrogen and oxygen atoms in total. The maximum Gasteiger partial charge on any atom is 0.284 e. The molecule has 1 fully saturated rings. The van der Waals surface area contributed by atoms with E-state index in [1.807, 2.05) is 11.9 Å². The Morgan fingerprint density at radius 2 is 2.00 bits per heavy atom. The summed E-state index contributed by atoms with van der Waals surface area (Å²) in [6.07, 6.45) is 1.64. The van der Waals surface area contributed by atoms with Gasteiger partial charge in [0, 0.05) is 30.7 Å². The minimum absolute atomic E-state index is 0.0421. The Bertz CT molecular complexity index is 1010. The van der Waals surface area contributed by atoms with Gasteiger partial charge in [-0.15, -0.1) is 4.40 Å². The molecule has 0 saturated carbocycles. The van der Waals surface area contributed by atoms with Crippen molar-refractivity contribution in [2.24, 2.45) is 4.40 Å². The number of nitrogens with one attached hydrogen (secondary N) is 1. The summed E-state index contributed by atoms with van der Waals surface area (Å²) in [5.41, 5.74) is 0.391. The Hall–Kier alpha value is -2.58. The van der Waals surface area contributed by atoms with E-state index in [0.717, 1.165) is 13.0 Å². The van der Waals surface area contributed by atoms with Crippen molar-refractivity contribution in [2.75, 3.05) is 25.5 Å². The highest BCUT2D eigenvalue weighted by molar-refractivity contribution is 7.90. The largest absolute Gasteiger partial charge is 0.493 e. The highest BCUT2D eigenvalue weighted by Gasteiger charge is 2.20. The van der Waals surface area contributed by atoms with Crippen molar-refractivity contribution in [2.45, 2.75) is 24.2 Å². The van der Waals surface area contributed by atoms with Crippen LogP contribution in [0.3, 0.4) is 0 Å². The fourth-order valence-electron chi connectivity index (χ4n) is 2.85. The first-order chi connectivity index (χ1) is 13.8. The fourth-order valence-corrected chi connectivity index (χ4v) is 4.12. The van der Waals surface area contributed by atoms with Gasteiger partial charge in [0.1, 0.15) is 11.6 Å². The van der Waals surface area contributed by atoms with Gasteiger partial charge in [0.15, 0.2) is 0 Å². The summed E-state index contributed by atoms with van der Waals surface area (Å²) in [7, 11) is -2.01. The molecule has 0 radical (unpaired) electrons. The summed E-state index contributed by atoms with van der Waals surface area (Å²) in [5.74, 6) is 0.889. The molecule has 1 heterocycles. The minimum Gasteiger partial charge on any atom is -0.493 e. The Morgan fingerprint density at radius 3 is 2.69 bits per heavy atom. The number of anilines is 1. The summed E-state index contributed by atoms with van der Waals surface area (Å²) in [6, 6.07) is 12.9. The van der Waals surface area contributed by atoms with Gasteiger partial charge in [-0.1, -0.05) is 17.7 Å². The monoisotopic (exact) mass is 435 g/mol. The number of nitrogens with zero attached hydrogens (tertiary/aromatic N) is 2. The Kier molecular flexibility index (Phi) is 6.76. The van der Waals surface area contributed by atoms with Gasteiger partial charge in [-0.3, -0.25) is 4.79 Å². The van der Waals surface area contributed by atoms with Gasteiger partial charge in [0.05, 0.1) is 17.9 Å². The molecular formula is C20H22ClN3O4S. The average Bonchev–Trinajstić information content (AvgIpc) is 3.07. The zero-order valence-electron chi connectivity index (χ0n) is 16.0. The standard InChI is InChI=1S/C20H22ClN3O4S/c1-24-12-3-6-19(24)23-29(26,27)18-5-2-4-16(14-18)22-20(25)11-13-28-17-9-7-15(21)8-10-17/h2,4-5,7-10,14H,3,6,11-13H2,1H3,(H,22,25). The van der Waals surface area contributed by atoms with E-state index < -0.39 is 10.0 Å². The number of benzene rings is 2. The van der Waals surface area contributed by atoms with Crippen molar-refractivity contribution in [3.8, 4) is 5.75 Å². The van der Waals surface area contributed by atoms with Crippen LogP contribution in [0, 0.1) is 0 Å². The maximum atomic E-state index is 12.6. The number of rotatable bonds is 7. The molecule has 1 amide bonds. The summed E-state index contributed by atoms with van der Waals surface area (Å²) in [5, 5.41) is 3.29. The molecule has 9 heteroatoms. The second-order valence-corrected chi connectivity index (χ2v) is 8.68. The average molecular weight is 436 g/mol. The van der Waals surface area contributed by atoms with Crippen molar-refractivity contribution >= 4 is 39.1 Å². The Labute approximate surface area is 175 Å². The van der Waals surface area contributed by atoms with Gasteiger partial charge in [-0.25, -0.2) is 0 Å². The molecule has 1 saturated heterocycles. The molecule has 0 bridgehead atoms. The van der Waals surface area contributed by atoms with Crippen molar-refractivity contribution in [3.05, 3.63) is 53.6 Å². The van der Waals surface area contributed by atoms with Crippen LogP contribution in [0.2, 0.25) is 5.02 Å². The van der Waals surface area contributed by atoms with Crippen molar-refractivity contribution < 1.29 is 17.9 Å². The lowest BCUT2D eigenvalue weighted by molar-refractivity contribution is -0.116. The lowest BCUT2D eigenvalue weighted by Crippen LogP contribution is -2.20. The molecule has 0 atom stereocenters. The molecule has 3 rings (SSSR count). The predicted octanol–water partition coefficient (Wildman–Crippen LogP) is 3.56. The fraction of sp³-hybridized carbons (Fsp3) is 0.300. The van der Waals surface area contributed by atoms with E-state index in [2.05, 4.69) is 9.71 Å². The van der Waals surface area contributed by atoms with Gasteiger partial charge >= 0.3 is 0 Å². The number of amidine groups is 1. The van der Waals surface area contributed by atoms with E-state index in [4.69, 9.17) is 16.3 Å². The van der Waals surface area contributed by atoms with Gasteiger partial charge in [0.2, 0.25) is 5.91 Å². The second kappa shape index (κ2) is 9.28. The third kappa shape index (κ3) is 5.95. The van der Waals surface area contributed by atoms with Crippen LogP contribution in [-0.2, 0) is 14.8 Å². The number of amides is 1. The number of sulfonamides is 1. The normalized spacial score (nSPS) is 15.5. The first kappa shape index (κ1) is 21.1. The maximum absolute atomic E-state index is 12.6. The second-order valence-electron chi connectivity index (χ2n) is 6.64. The smallest absolute Gasteiger partial charge is 0.284 e. The molecule has 154 valence electrons. The number of hydrogen-bond acceptors (Lipinski definition) is 4. The molecule has 0 unspecified atom stereocenters. The number of carbonyl (C=O) groups excluding carboxylic acids is 1. The van der Waals surface area contributed by atoms with E-state index in [9.17, 15) is 13.2 Å². The van der Waals surface area contributed by atoms with E-state index >= 15 is 0 Å². The number of ether oxygens (including phenoxy) is 1. The SMILES string of the molecule is CN1CCCC1=NS(=O)(=O)c1cccc(NC(=O)CCOc2ccc(Cl)cc2)c1. The van der Waals surface area contributed by atoms with Gasteiger partial charge < -0.3 is 15.0 Å². The van der Waals surface area contributed by atoms with Crippen LogP contribution < -0.4 is 10.1 Å². The topological polar surface area (TPSA) is 88.1 Å². The number of halogens is 1. The summed E-state index contributed by atoms with van der Waals surface area (Å²) in [4.78, 5) is 14.0. The van der Waals surface area contributed by atoms with Crippen LogP contribution >= 0.6 is 11.6 Å². The molecule has 2 aromatic rings. The van der Waals surface area contributed by atoms with Crippen LogP contribution in [0.25, 0.3) is 0 Å². The van der Waals surface area contributed by atoms with Crippen LogP contribution in [0.15, 0.2) is 57.8 Å². The summed E-state index contributed by atoms with van der Waals surface area (Å²) >= 11 is 5.81. The van der Waals surface area contributed by atoms with Gasteiger partial charge in [0.25, 0.3) is 10.0 Å². The quantitative estimate of drug-likeness (QED) is 0.718. The predicted molar refractivity (Wildman–Crippen MR) is 113 cm³/mol. The number of hydrogen-bond donors (Lipinski definition) is 1. The summed E-state index contributed by atoms with van der Waals surface area (Å²) in [6.45, 7) is 0.980. The third-order valence-electron chi connectivity index (χ3n) is 4.39. The highest BCUT2D eigenvalue weighted by atomic mass is 35.5. The zero-order chi connectivity index (χ0) is 20.9. The van der Waals surface area contributed by atoms with E-state index in [1.54, 1.807) is 36.4 Å². The molecule has 1 aliphatic rings. The molecule has 0 aliphatic carbocycles. The first-order valence-corrected chi connectivity index (χ1v) is 11.0. The highest BCUT2D eigenvalue weighted by Crippen LogP contribution is 2.20. The van der Waals surface area contributed by atoms with Crippen molar-refractivity contribution in [3.63, 3.8) is 0 Å². The molecule has 0 aromatic heterocycles. The van der Waals surface area contributed by atoms with Crippen molar-refractivity contribution in [1.82, 2.24) is 4.90 Å². The van der Waals surface area contributed by atoms with E-state index in [-0.39, 0.29) is 23.8 Å². The minimum atomic E-state index is -3.83. The Morgan fingerprint density at radius 1 is 1.24 bits per heavy atom. The van der Waals surface area contributed by atoms with Gasteiger partial charge in [-0.2, -0.15) is 8.42 Å². The summed E-state index contributed by atoms with van der Waals surface area (Å²) < 4.78 is 34.6. The van der Waals surface area contributed by atoms with Crippen LogP contribution in [-0.4, -0.2) is 45.3 Å². The molecular weight excluding hydrogens is 414 g/mol. The number of carbonyl (C=O) groups is 1. The zero-order valence-corrected chi connectivity index (χ0v) is 17.5. The van der Waals surface area contributed by atoms with Gasteiger partial charge in [-0.05, 0) is 48.9 Å². The van der Waals surface area contributed by atoms with Crippen LogP contribution in [0.4, 0.5) is 5.69 Å². The molecule has 1 aliphatic heterocycles. The number of likely N-dealkylation sites (tertiary alicyclic amines) is 1. The molecule has 0 spiro atoms. The third-order valence-corrected chi connectivity index (χ3v) is 5.94. The molecule has 29 heavy (non-hydrogen) atoms. The molecule has 1 N–H and O–H groups in total. The Balaban J connectivity index is 1.59. The van der Waals surface area contributed by atoms with Crippen molar-refractivity contribution in [1.29, 1.82) is 0 Å². The first-order valence-electron chi connectivity index (χ1n) is 9.17. The molecule has 2 aromatic carbocycles. The van der Waals surface area contributed by atoms with Crippen LogP contribution in [0.1, 0.15) is 19.3 Å². The lowest BCUT2D eigenvalue weighted by atomic mass is 10.3. The van der Waals surface area contributed by atoms with Crippen LogP contribution in [0.5, 0.6) is 5.75 Å². The lowest BCUT2D eigenvalue weighted by Gasteiger charge is -2.11.